The predicted molar refractivity (Wildman–Crippen MR) is 85.6 cm³/mol. The number of carbonyl (C=O) groups is 1. The smallest absolute Gasteiger partial charge is 0.322 e. The summed E-state index contributed by atoms with van der Waals surface area (Å²) in [5.74, 6) is -0.433. The number of nitrogens with zero attached hydrogens (tertiary/aromatic N) is 1. The molecule has 0 spiro atoms. The zero-order valence-corrected chi connectivity index (χ0v) is 13.0. The van der Waals surface area contributed by atoms with Crippen molar-refractivity contribution in [3.63, 3.8) is 0 Å². The Balaban J connectivity index is 2.29. The van der Waals surface area contributed by atoms with Gasteiger partial charge in [-0.25, -0.2) is 0 Å². The van der Waals surface area contributed by atoms with Gasteiger partial charge in [-0.2, -0.15) is 0 Å². The van der Waals surface area contributed by atoms with E-state index in [1.54, 1.807) is 17.8 Å². The Labute approximate surface area is 129 Å². The molecule has 0 aliphatic rings. The molecule has 2 aromatic rings. The summed E-state index contributed by atoms with van der Waals surface area (Å²) in [4.78, 5) is 23.6. The molecular weight excluding hydrogens is 280 g/mol. The Hall–Kier alpha value is -2.40. The van der Waals surface area contributed by atoms with Gasteiger partial charge in [-0.1, -0.05) is 24.3 Å². The van der Waals surface area contributed by atoms with Crippen molar-refractivity contribution in [3.8, 4) is 11.1 Å². The molecule has 116 valence electrons. The van der Waals surface area contributed by atoms with Crippen LogP contribution in [0.5, 0.6) is 0 Å². The van der Waals surface area contributed by atoms with E-state index < -0.39 is 12.0 Å². The first kappa shape index (κ1) is 16.0. The average molecular weight is 300 g/mol. The number of esters is 1. The molecular formula is C17H20N2O3. The van der Waals surface area contributed by atoms with Crippen LogP contribution in [0.3, 0.4) is 0 Å². The van der Waals surface area contributed by atoms with Gasteiger partial charge >= 0.3 is 5.97 Å². The maximum Gasteiger partial charge on any atom is 0.322 e. The fourth-order valence-corrected chi connectivity index (χ4v) is 2.37. The van der Waals surface area contributed by atoms with Gasteiger partial charge in [0.1, 0.15) is 6.04 Å². The molecule has 0 saturated carbocycles. The number of methoxy groups -OCH3 is 1. The lowest BCUT2D eigenvalue weighted by Gasteiger charge is -2.11. The van der Waals surface area contributed by atoms with Gasteiger partial charge in [0.25, 0.3) is 5.56 Å². The molecule has 0 aliphatic heterocycles. The quantitative estimate of drug-likeness (QED) is 0.866. The summed E-state index contributed by atoms with van der Waals surface area (Å²) in [5, 5.41) is 0. The first-order valence-electron chi connectivity index (χ1n) is 7.03. The molecule has 0 unspecified atom stereocenters. The first-order valence-corrected chi connectivity index (χ1v) is 7.03. The number of benzene rings is 1. The van der Waals surface area contributed by atoms with Crippen molar-refractivity contribution in [3.05, 3.63) is 58.0 Å². The summed E-state index contributed by atoms with van der Waals surface area (Å²) in [5.41, 5.74) is 9.12. The average Bonchev–Trinajstić information content (AvgIpc) is 2.52. The van der Waals surface area contributed by atoms with E-state index in [2.05, 4.69) is 4.74 Å². The summed E-state index contributed by atoms with van der Waals surface area (Å²) in [6, 6.07) is 8.75. The van der Waals surface area contributed by atoms with E-state index in [1.165, 1.54) is 7.11 Å². The second-order valence-corrected chi connectivity index (χ2v) is 5.32. The summed E-state index contributed by atoms with van der Waals surface area (Å²) in [7, 11) is 3.05. The van der Waals surface area contributed by atoms with Crippen LogP contribution in [0, 0.1) is 6.92 Å². The summed E-state index contributed by atoms with van der Waals surface area (Å²) in [6.45, 7) is 1.91. The third-order valence-corrected chi connectivity index (χ3v) is 3.68. The van der Waals surface area contributed by atoms with Crippen LogP contribution in [0.25, 0.3) is 11.1 Å². The zero-order valence-electron chi connectivity index (χ0n) is 13.0. The van der Waals surface area contributed by atoms with Crippen molar-refractivity contribution in [2.75, 3.05) is 7.11 Å². The lowest BCUT2D eigenvalue weighted by Crippen LogP contribution is -2.33. The highest BCUT2D eigenvalue weighted by Gasteiger charge is 2.14. The molecule has 2 rings (SSSR count). The number of rotatable bonds is 4. The molecule has 1 heterocycles. The fourth-order valence-electron chi connectivity index (χ4n) is 2.37. The van der Waals surface area contributed by atoms with Crippen molar-refractivity contribution >= 4 is 5.97 Å². The van der Waals surface area contributed by atoms with Crippen LogP contribution in [-0.2, 0) is 23.0 Å². The highest BCUT2D eigenvalue weighted by atomic mass is 16.5. The minimum atomic E-state index is -0.679. The molecule has 22 heavy (non-hydrogen) atoms. The molecule has 5 nitrogen and oxygen atoms in total. The van der Waals surface area contributed by atoms with E-state index in [4.69, 9.17) is 5.73 Å². The van der Waals surface area contributed by atoms with Crippen LogP contribution in [0.15, 0.2) is 41.3 Å². The molecule has 0 radical (unpaired) electrons. The van der Waals surface area contributed by atoms with Crippen LogP contribution in [0.4, 0.5) is 0 Å². The van der Waals surface area contributed by atoms with E-state index in [9.17, 15) is 9.59 Å². The third kappa shape index (κ3) is 3.26. The highest BCUT2D eigenvalue weighted by Crippen LogP contribution is 2.20. The molecule has 1 aromatic heterocycles. The van der Waals surface area contributed by atoms with Crippen molar-refractivity contribution in [1.29, 1.82) is 0 Å². The topological polar surface area (TPSA) is 74.3 Å². The summed E-state index contributed by atoms with van der Waals surface area (Å²) >= 11 is 0. The standard InChI is InChI=1S/C17H20N2O3/c1-11-8-9-19(2)16(20)15(11)13-6-4-12(5-7-13)10-14(18)17(21)22-3/h4-9,14H,10,18H2,1-3H3/t14-/m0/s1. The van der Waals surface area contributed by atoms with E-state index in [-0.39, 0.29) is 5.56 Å². The number of pyridine rings is 1. The lowest BCUT2D eigenvalue weighted by molar-refractivity contribution is -0.142. The predicted octanol–water partition coefficient (Wildman–Crippen LogP) is 1.40. The van der Waals surface area contributed by atoms with Crippen LogP contribution < -0.4 is 11.3 Å². The molecule has 0 saturated heterocycles. The van der Waals surface area contributed by atoms with Gasteiger partial charge in [-0.05, 0) is 36.1 Å². The number of aryl methyl sites for hydroxylation is 2. The lowest BCUT2D eigenvalue weighted by atomic mass is 9.99. The molecule has 1 aromatic carbocycles. The van der Waals surface area contributed by atoms with Gasteiger partial charge in [0.05, 0.1) is 12.7 Å². The van der Waals surface area contributed by atoms with Crippen molar-refractivity contribution in [2.45, 2.75) is 19.4 Å². The van der Waals surface area contributed by atoms with Crippen molar-refractivity contribution < 1.29 is 9.53 Å². The maximum absolute atomic E-state index is 12.3. The maximum atomic E-state index is 12.3. The second-order valence-electron chi connectivity index (χ2n) is 5.32. The van der Waals surface area contributed by atoms with Crippen molar-refractivity contribution in [2.24, 2.45) is 12.8 Å². The van der Waals surface area contributed by atoms with E-state index >= 15 is 0 Å². The minimum Gasteiger partial charge on any atom is -0.468 e. The van der Waals surface area contributed by atoms with Gasteiger partial charge in [0.2, 0.25) is 0 Å². The molecule has 5 heteroatoms. The Bertz CT molecular complexity index is 733. The number of aromatic nitrogens is 1. The SMILES string of the molecule is COC(=O)[C@@H](N)Cc1ccc(-c2c(C)ccn(C)c2=O)cc1. The van der Waals surface area contributed by atoms with Crippen LogP contribution in [0.1, 0.15) is 11.1 Å². The highest BCUT2D eigenvalue weighted by molar-refractivity contribution is 5.75. The van der Waals surface area contributed by atoms with Crippen LogP contribution in [0.2, 0.25) is 0 Å². The summed E-state index contributed by atoms with van der Waals surface area (Å²) in [6.07, 6.45) is 2.16. The monoisotopic (exact) mass is 300 g/mol. The summed E-state index contributed by atoms with van der Waals surface area (Å²) < 4.78 is 6.17. The molecule has 2 N–H and O–H groups in total. The zero-order chi connectivity index (χ0) is 16.3. The van der Waals surface area contributed by atoms with E-state index in [0.29, 0.717) is 12.0 Å². The van der Waals surface area contributed by atoms with Gasteiger partial charge < -0.3 is 15.0 Å². The van der Waals surface area contributed by atoms with Gasteiger partial charge in [0.15, 0.2) is 0 Å². The Kier molecular flexibility index (Phi) is 4.78. The Morgan fingerprint density at radius 3 is 2.50 bits per heavy atom. The van der Waals surface area contributed by atoms with Crippen molar-refractivity contribution in [1.82, 2.24) is 4.57 Å². The number of hydrogen-bond donors (Lipinski definition) is 1. The van der Waals surface area contributed by atoms with E-state index in [0.717, 1.165) is 16.7 Å². The van der Waals surface area contributed by atoms with Crippen LogP contribution in [-0.4, -0.2) is 23.7 Å². The number of ether oxygens (including phenoxy) is 1. The van der Waals surface area contributed by atoms with E-state index in [1.807, 2.05) is 37.3 Å². The Morgan fingerprint density at radius 2 is 1.91 bits per heavy atom. The molecule has 0 bridgehead atoms. The number of nitrogens with two attached hydrogens (primary N) is 1. The largest absolute Gasteiger partial charge is 0.468 e. The normalized spacial score (nSPS) is 12.0. The third-order valence-electron chi connectivity index (χ3n) is 3.68. The first-order chi connectivity index (χ1) is 10.4. The van der Waals surface area contributed by atoms with Gasteiger partial charge in [-0.15, -0.1) is 0 Å². The Morgan fingerprint density at radius 1 is 1.27 bits per heavy atom. The number of carbonyl (C=O) groups excluding carboxylic acids is 1. The second kappa shape index (κ2) is 6.58. The molecule has 1 atom stereocenters. The fraction of sp³-hybridized carbons (Fsp3) is 0.294. The number of hydrogen-bond acceptors (Lipinski definition) is 4. The minimum absolute atomic E-state index is 0.0287. The molecule has 0 amide bonds. The van der Waals surface area contributed by atoms with Gasteiger partial charge in [0, 0.05) is 13.2 Å². The molecule has 0 fully saturated rings. The van der Waals surface area contributed by atoms with Crippen LogP contribution >= 0.6 is 0 Å². The molecule has 0 aliphatic carbocycles. The van der Waals surface area contributed by atoms with Gasteiger partial charge in [-0.3, -0.25) is 9.59 Å².